The number of hydrogen-bond acceptors (Lipinski definition) is 2. The van der Waals surface area contributed by atoms with E-state index < -0.39 is 5.41 Å². The van der Waals surface area contributed by atoms with Gasteiger partial charge in [-0.1, -0.05) is 37.3 Å². The lowest BCUT2D eigenvalue weighted by molar-refractivity contribution is -0.138. The van der Waals surface area contributed by atoms with Crippen LogP contribution in [0, 0.1) is 5.92 Å². The van der Waals surface area contributed by atoms with Gasteiger partial charge in [-0.3, -0.25) is 4.79 Å². The first kappa shape index (κ1) is 9.64. The first-order valence-electron chi connectivity index (χ1n) is 5.63. The molecule has 0 N–H and O–H groups in total. The number of para-hydroxylation sites is 1. The van der Waals surface area contributed by atoms with E-state index in [0.717, 1.165) is 29.7 Å². The van der Waals surface area contributed by atoms with E-state index >= 15 is 0 Å². The quantitative estimate of drug-likeness (QED) is 0.377. The van der Waals surface area contributed by atoms with Crippen LogP contribution >= 0.6 is 0 Å². The predicted molar refractivity (Wildman–Crippen MR) is 61.3 cm³/mol. The van der Waals surface area contributed by atoms with E-state index in [1.165, 1.54) is 0 Å². The molecule has 2 heteroatoms. The van der Waals surface area contributed by atoms with Gasteiger partial charge in [0, 0.05) is 5.56 Å². The number of hydrogen-bond donors (Lipinski definition) is 0. The second kappa shape index (κ2) is 2.97. The lowest BCUT2D eigenvalue weighted by Gasteiger charge is -2.18. The molecule has 2 aliphatic rings. The van der Waals surface area contributed by atoms with Crippen molar-refractivity contribution >= 4 is 5.97 Å². The molecular weight excluding hydrogens is 200 g/mol. The number of benzene rings is 1. The molecule has 0 bridgehead atoms. The highest BCUT2D eigenvalue weighted by Crippen LogP contribution is 2.53. The van der Waals surface area contributed by atoms with E-state index in [4.69, 9.17) is 4.74 Å². The maximum absolute atomic E-state index is 12.1. The summed E-state index contributed by atoms with van der Waals surface area (Å²) in [7, 11) is 0. The number of carbonyl (C=O) groups is 1. The number of carbonyl (C=O) groups excluding carboxylic acids is 1. The summed E-state index contributed by atoms with van der Waals surface area (Å²) in [5, 5.41) is 0. The Morgan fingerprint density at radius 2 is 2.19 bits per heavy atom. The van der Waals surface area contributed by atoms with E-state index in [2.05, 4.69) is 13.5 Å². The van der Waals surface area contributed by atoms with Crippen LogP contribution < -0.4 is 4.74 Å². The van der Waals surface area contributed by atoms with Crippen LogP contribution in [0.3, 0.4) is 0 Å². The highest BCUT2D eigenvalue weighted by atomic mass is 16.5. The maximum Gasteiger partial charge on any atom is 0.322 e. The fourth-order valence-corrected chi connectivity index (χ4v) is 2.92. The van der Waals surface area contributed by atoms with Gasteiger partial charge in [0.15, 0.2) is 0 Å². The minimum atomic E-state index is -0.437. The highest BCUT2D eigenvalue weighted by Gasteiger charge is 2.53. The van der Waals surface area contributed by atoms with Crippen LogP contribution in [-0.4, -0.2) is 5.97 Å². The fourth-order valence-electron chi connectivity index (χ4n) is 2.92. The van der Waals surface area contributed by atoms with Crippen LogP contribution in [0.5, 0.6) is 5.75 Å². The second-order valence-electron chi connectivity index (χ2n) is 4.91. The zero-order valence-corrected chi connectivity index (χ0v) is 9.32. The van der Waals surface area contributed by atoms with Gasteiger partial charge in [-0.25, -0.2) is 0 Å². The average molecular weight is 214 g/mol. The lowest BCUT2D eigenvalue weighted by atomic mass is 9.79. The minimum Gasteiger partial charge on any atom is -0.426 e. The summed E-state index contributed by atoms with van der Waals surface area (Å²) in [5.41, 5.74) is 1.77. The molecule has 1 aliphatic carbocycles. The van der Waals surface area contributed by atoms with Crippen LogP contribution in [0.4, 0.5) is 0 Å². The molecule has 0 amide bonds. The van der Waals surface area contributed by atoms with Gasteiger partial charge in [0.2, 0.25) is 0 Å². The molecule has 1 saturated carbocycles. The number of fused-ring (bicyclic) bond motifs is 2. The third kappa shape index (κ3) is 1.04. The number of esters is 1. The van der Waals surface area contributed by atoms with Gasteiger partial charge >= 0.3 is 5.97 Å². The molecule has 0 saturated heterocycles. The number of rotatable bonds is 0. The zero-order valence-electron chi connectivity index (χ0n) is 9.32. The summed E-state index contributed by atoms with van der Waals surface area (Å²) < 4.78 is 5.36. The molecule has 1 aromatic rings. The highest BCUT2D eigenvalue weighted by molar-refractivity contribution is 5.91. The van der Waals surface area contributed by atoms with Crippen molar-refractivity contribution in [1.82, 2.24) is 0 Å². The summed E-state index contributed by atoms with van der Waals surface area (Å²) in [6.07, 6.45) is 1.58. The van der Waals surface area contributed by atoms with Crippen molar-refractivity contribution in [3.8, 4) is 5.75 Å². The molecule has 0 radical (unpaired) electrons. The first-order valence-corrected chi connectivity index (χ1v) is 5.63. The first-order chi connectivity index (χ1) is 7.63. The zero-order chi connectivity index (χ0) is 11.3. The fraction of sp³-hybridized carbons (Fsp3) is 0.357. The lowest BCUT2D eigenvalue weighted by Crippen LogP contribution is -2.30. The largest absolute Gasteiger partial charge is 0.426 e. The number of allylic oxidation sites excluding steroid dienone is 1. The van der Waals surface area contributed by atoms with Gasteiger partial charge in [-0.2, -0.15) is 0 Å². The van der Waals surface area contributed by atoms with E-state index in [1.807, 2.05) is 24.3 Å². The van der Waals surface area contributed by atoms with Crippen LogP contribution in [0.1, 0.15) is 25.3 Å². The Labute approximate surface area is 94.9 Å². The van der Waals surface area contributed by atoms with Crippen LogP contribution in [-0.2, 0) is 10.2 Å². The van der Waals surface area contributed by atoms with E-state index in [9.17, 15) is 4.79 Å². The molecule has 0 aromatic heterocycles. The molecule has 1 aliphatic heterocycles. The van der Waals surface area contributed by atoms with Gasteiger partial charge < -0.3 is 4.74 Å². The Kier molecular flexibility index (Phi) is 1.79. The van der Waals surface area contributed by atoms with Crippen LogP contribution in [0.15, 0.2) is 36.4 Å². The topological polar surface area (TPSA) is 26.3 Å². The van der Waals surface area contributed by atoms with Gasteiger partial charge in [-0.15, -0.1) is 0 Å². The van der Waals surface area contributed by atoms with Gasteiger partial charge in [0.25, 0.3) is 0 Å². The summed E-state index contributed by atoms with van der Waals surface area (Å²) in [5.74, 6) is 1.03. The number of ether oxygens (including phenoxy) is 1. The Hall–Kier alpha value is -1.57. The van der Waals surface area contributed by atoms with Crippen LogP contribution in [0.2, 0.25) is 0 Å². The predicted octanol–water partition coefficient (Wildman–Crippen LogP) is 2.83. The molecule has 1 spiro atoms. The normalized spacial score (nSPS) is 31.9. The molecular formula is C14H14O2. The summed E-state index contributed by atoms with van der Waals surface area (Å²) in [4.78, 5) is 12.1. The smallest absolute Gasteiger partial charge is 0.322 e. The van der Waals surface area contributed by atoms with Crippen molar-refractivity contribution in [1.29, 1.82) is 0 Å². The second-order valence-corrected chi connectivity index (χ2v) is 4.91. The van der Waals surface area contributed by atoms with E-state index in [0.29, 0.717) is 5.92 Å². The maximum atomic E-state index is 12.1. The molecule has 1 heterocycles. The molecule has 1 fully saturated rings. The third-order valence-corrected chi connectivity index (χ3v) is 3.88. The van der Waals surface area contributed by atoms with Gasteiger partial charge in [0.1, 0.15) is 11.2 Å². The Balaban J connectivity index is 2.15. The van der Waals surface area contributed by atoms with E-state index in [-0.39, 0.29) is 5.97 Å². The van der Waals surface area contributed by atoms with Crippen molar-refractivity contribution in [3.05, 3.63) is 42.0 Å². The molecule has 2 unspecified atom stereocenters. The minimum absolute atomic E-state index is 0.0980. The van der Waals surface area contributed by atoms with Crippen molar-refractivity contribution in [2.24, 2.45) is 5.92 Å². The molecule has 2 atom stereocenters. The molecule has 3 rings (SSSR count). The average Bonchev–Trinajstić information content (AvgIpc) is 2.69. The SMILES string of the molecule is C=C1CC2(CC1C)C(=O)Oc1ccccc12. The Morgan fingerprint density at radius 3 is 2.88 bits per heavy atom. The summed E-state index contributed by atoms with van der Waals surface area (Å²) in [6.45, 7) is 6.18. The Bertz CT molecular complexity index is 489. The van der Waals surface area contributed by atoms with Crippen molar-refractivity contribution in [3.63, 3.8) is 0 Å². The van der Waals surface area contributed by atoms with Crippen molar-refractivity contribution in [2.45, 2.75) is 25.2 Å². The van der Waals surface area contributed by atoms with Gasteiger partial charge in [-0.05, 0) is 24.8 Å². The van der Waals surface area contributed by atoms with Crippen molar-refractivity contribution in [2.75, 3.05) is 0 Å². The summed E-state index contributed by atoms with van der Waals surface area (Å²) in [6, 6.07) is 7.74. The molecule has 2 nitrogen and oxygen atoms in total. The standard InChI is InChI=1S/C14H14O2/c1-9-7-14(8-10(9)2)11-5-3-4-6-12(11)16-13(14)15/h3-6,10H,1,7-8H2,2H3. The van der Waals surface area contributed by atoms with Crippen molar-refractivity contribution < 1.29 is 9.53 Å². The van der Waals surface area contributed by atoms with E-state index in [1.54, 1.807) is 0 Å². The Morgan fingerprint density at radius 1 is 1.44 bits per heavy atom. The summed E-state index contributed by atoms with van der Waals surface area (Å²) >= 11 is 0. The van der Waals surface area contributed by atoms with Gasteiger partial charge in [0.05, 0.1) is 0 Å². The van der Waals surface area contributed by atoms with Crippen LogP contribution in [0.25, 0.3) is 0 Å². The molecule has 16 heavy (non-hydrogen) atoms. The molecule has 82 valence electrons. The third-order valence-electron chi connectivity index (χ3n) is 3.88. The molecule has 1 aromatic carbocycles. The monoisotopic (exact) mass is 214 g/mol.